The van der Waals surface area contributed by atoms with Crippen molar-refractivity contribution in [3.63, 3.8) is 0 Å². The molecule has 0 aromatic heterocycles. The highest BCUT2D eigenvalue weighted by atomic mass is 32.2. The zero-order valence-electron chi connectivity index (χ0n) is 17.2. The van der Waals surface area contributed by atoms with Crippen molar-refractivity contribution < 1.29 is 18.5 Å². The number of benzene rings is 1. The van der Waals surface area contributed by atoms with Crippen molar-refractivity contribution in [2.45, 2.75) is 69.9 Å². The van der Waals surface area contributed by atoms with Gasteiger partial charge in [0, 0.05) is 24.7 Å². The average molecular weight is 409 g/mol. The lowest BCUT2D eigenvalue weighted by molar-refractivity contribution is -0.715. The standard InChI is InChI=1S/C21H33N3O3S/c1-15-7-6-8-20(16(15)2)22-17(3)21(25)23-18-9-11-19(12-10-18)28(26,27)24-13-4-5-14-24/h9-12,15-17,20,22H,4-8,13-14H2,1-3H3,(H,23,25)/p+1/t15-,16-,17+,20+/m1/s1. The van der Waals surface area contributed by atoms with E-state index in [1.54, 1.807) is 24.3 Å². The van der Waals surface area contributed by atoms with Crippen molar-refractivity contribution in [2.75, 3.05) is 18.4 Å². The largest absolute Gasteiger partial charge is 0.334 e. The number of nitrogens with two attached hydrogens (primary N) is 1. The highest BCUT2D eigenvalue weighted by Gasteiger charge is 2.32. The Kier molecular flexibility index (Phi) is 6.78. The topological polar surface area (TPSA) is 83.1 Å². The number of rotatable bonds is 6. The summed E-state index contributed by atoms with van der Waals surface area (Å²) in [5, 5.41) is 5.12. The predicted molar refractivity (Wildman–Crippen MR) is 110 cm³/mol. The number of nitrogens with zero attached hydrogens (tertiary/aromatic N) is 1. The lowest BCUT2D eigenvalue weighted by atomic mass is 9.78. The molecule has 1 saturated carbocycles. The van der Waals surface area contributed by atoms with E-state index in [4.69, 9.17) is 0 Å². The van der Waals surface area contributed by atoms with Gasteiger partial charge < -0.3 is 10.6 Å². The van der Waals surface area contributed by atoms with Gasteiger partial charge in [0.2, 0.25) is 10.0 Å². The van der Waals surface area contributed by atoms with Gasteiger partial charge in [0.05, 0.1) is 10.9 Å². The number of carbonyl (C=O) groups is 1. The number of hydrogen-bond donors (Lipinski definition) is 2. The molecule has 4 atom stereocenters. The molecule has 1 aliphatic carbocycles. The van der Waals surface area contributed by atoms with E-state index >= 15 is 0 Å². The van der Waals surface area contributed by atoms with Crippen LogP contribution in [-0.2, 0) is 14.8 Å². The molecule has 0 bridgehead atoms. The predicted octanol–water partition coefficient (Wildman–Crippen LogP) is 2.19. The summed E-state index contributed by atoms with van der Waals surface area (Å²) in [6, 6.07) is 6.84. The Morgan fingerprint density at radius 3 is 2.39 bits per heavy atom. The number of quaternary nitrogens is 1. The summed E-state index contributed by atoms with van der Waals surface area (Å²) >= 11 is 0. The third-order valence-corrected chi connectivity index (χ3v) is 8.46. The van der Waals surface area contributed by atoms with E-state index in [2.05, 4.69) is 24.5 Å². The summed E-state index contributed by atoms with van der Waals surface area (Å²) < 4.78 is 26.7. The van der Waals surface area contributed by atoms with Gasteiger partial charge in [0.1, 0.15) is 0 Å². The number of hydrogen-bond acceptors (Lipinski definition) is 3. The smallest absolute Gasteiger partial charge is 0.282 e. The van der Waals surface area contributed by atoms with Crippen LogP contribution in [0.2, 0.25) is 0 Å². The highest BCUT2D eigenvalue weighted by Crippen LogP contribution is 2.27. The minimum absolute atomic E-state index is 0.0411. The Morgan fingerprint density at radius 1 is 1.11 bits per heavy atom. The van der Waals surface area contributed by atoms with Gasteiger partial charge in [-0.1, -0.05) is 13.8 Å². The maximum atomic E-state index is 12.6. The van der Waals surface area contributed by atoms with Gasteiger partial charge in [-0.25, -0.2) is 8.42 Å². The molecular weight excluding hydrogens is 374 g/mol. The first kappa shape index (κ1) is 21.3. The molecule has 2 aliphatic rings. The van der Waals surface area contributed by atoms with Crippen LogP contribution in [0.4, 0.5) is 5.69 Å². The zero-order chi connectivity index (χ0) is 20.3. The van der Waals surface area contributed by atoms with E-state index in [0.29, 0.717) is 36.7 Å². The molecule has 28 heavy (non-hydrogen) atoms. The summed E-state index contributed by atoms with van der Waals surface area (Å²) in [5.74, 6) is 1.27. The lowest BCUT2D eigenvalue weighted by Gasteiger charge is -2.33. The van der Waals surface area contributed by atoms with Crippen LogP contribution >= 0.6 is 0 Å². The van der Waals surface area contributed by atoms with E-state index in [-0.39, 0.29) is 16.8 Å². The van der Waals surface area contributed by atoms with Crippen molar-refractivity contribution in [3.8, 4) is 0 Å². The zero-order valence-corrected chi connectivity index (χ0v) is 18.0. The van der Waals surface area contributed by atoms with E-state index in [1.165, 1.54) is 17.1 Å². The van der Waals surface area contributed by atoms with E-state index in [1.807, 2.05) is 6.92 Å². The molecule has 3 rings (SSSR count). The van der Waals surface area contributed by atoms with Crippen LogP contribution in [0.25, 0.3) is 0 Å². The first-order valence-corrected chi connectivity index (χ1v) is 12.0. The summed E-state index contributed by atoms with van der Waals surface area (Å²) in [7, 11) is -3.42. The van der Waals surface area contributed by atoms with Crippen LogP contribution in [0.5, 0.6) is 0 Å². The molecule has 0 unspecified atom stereocenters. The molecular formula is C21H34N3O3S+. The molecule has 1 amide bonds. The number of amides is 1. The van der Waals surface area contributed by atoms with E-state index in [0.717, 1.165) is 19.3 Å². The monoisotopic (exact) mass is 408 g/mol. The van der Waals surface area contributed by atoms with Crippen LogP contribution in [0, 0.1) is 11.8 Å². The van der Waals surface area contributed by atoms with Gasteiger partial charge in [-0.05, 0) is 69.2 Å². The van der Waals surface area contributed by atoms with Crippen LogP contribution in [0.3, 0.4) is 0 Å². The molecule has 1 aromatic carbocycles. The molecule has 1 heterocycles. The van der Waals surface area contributed by atoms with Gasteiger partial charge in [0.15, 0.2) is 6.04 Å². The van der Waals surface area contributed by atoms with E-state index in [9.17, 15) is 13.2 Å². The fourth-order valence-corrected chi connectivity index (χ4v) is 5.91. The molecule has 156 valence electrons. The fraction of sp³-hybridized carbons (Fsp3) is 0.667. The maximum Gasteiger partial charge on any atom is 0.282 e. The molecule has 2 fully saturated rings. The summed E-state index contributed by atoms with van der Waals surface area (Å²) in [4.78, 5) is 12.9. The first-order valence-electron chi connectivity index (χ1n) is 10.5. The van der Waals surface area contributed by atoms with Crippen molar-refractivity contribution in [1.29, 1.82) is 0 Å². The summed E-state index contributed by atoms with van der Waals surface area (Å²) in [5.41, 5.74) is 0.635. The molecule has 1 saturated heterocycles. The van der Waals surface area contributed by atoms with E-state index < -0.39 is 10.0 Å². The van der Waals surface area contributed by atoms with Crippen LogP contribution < -0.4 is 10.6 Å². The lowest BCUT2D eigenvalue weighted by Crippen LogP contribution is -2.97. The number of anilines is 1. The van der Waals surface area contributed by atoms with Crippen LogP contribution in [0.15, 0.2) is 29.2 Å². The molecule has 0 radical (unpaired) electrons. The van der Waals surface area contributed by atoms with Gasteiger partial charge in [-0.15, -0.1) is 0 Å². The SMILES string of the molecule is C[C@@H]1[C@H](C)CCC[C@@H]1[NH2+][C@@H](C)C(=O)Nc1ccc(S(=O)(=O)N2CCCC2)cc1. The summed E-state index contributed by atoms with van der Waals surface area (Å²) in [6.45, 7) is 7.70. The molecule has 1 aliphatic heterocycles. The second kappa shape index (κ2) is 8.93. The number of carbonyl (C=O) groups excluding carboxylic acids is 1. The first-order chi connectivity index (χ1) is 13.3. The Hall–Kier alpha value is -1.44. The quantitative estimate of drug-likeness (QED) is 0.757. The maximum absolute atomic E-state index is 12.6. The normalized spacial score (nSPS) is 27.5. The van der Waals surface area contributed by atoms with Gasteiger partial charge in [0.25, 0.3) is 5.91 Å². The molecule has 3 N–H and O–H groups in total. The Labute approximate surface area is 169 Å². The van der Waals surface area contributed by atoms with Crippen molar-refractivity contribution >= 4 is 21.6 Å². The Bertz CT molecular complexity index is 773. The van der Waals surface area contributed by atoms with Crippen molar-refractivity contribution in [2.24, 2.45) is 11.8 Å². The average Bonchev–Trinajstić information content (AvgIpc) is 3.21. The molecule has 6 nitrogen and oxygen atoms in total. The second-order valence-electron chi connectivity index (χ2n) is 8.54. The fourth-order valence-electron chi connectivity index (χ4n) is 4.40. The van der Waals surface area contributed by atoms with Crippen molar-refractivity contribution in [3.05, 3.63) is 24.3 Å². The van der Waals surface area contributed by atoms with Crippen LogP contribution in [-0.4, -0.2) is 43.8 Å². The van der Waals surface area contributed by atoms with Gasteiger partial charge >= 0.3 is 0 Å². The third kappa shape index (κ3) is 4.75. The van der Waals surface area contributed by atoms with Gasteiger partial charge in [-0.2, -0.15) is 4.31 Å². The Balaban J connectivity index is 1.58. The second-order valence-corrected chi connectivity index (χ2v) is 10.5. The number of nitrogens with one attached hydrogen (secondary N) is 1. The van der Waals surface area contributed by atoms with Crippen molar-refractivity contribution in [1.82, 2.24) is 4.31 Å². The van der Waals surface area contributed by atoms with Crippen LogP contribution in [0.1, 0.15) is 52.9 Å². The Morgan fingerprint density at radius 2 is 1.75 bits per heavy atom. The number of sulfonamides is 1. The minimum Gasteiger partial charge on any atom is -0.334 e. The van der Waals surface area contributed by atoms with Gasteiger partial charge in [-0.3, -0.25) is 4.79 Å². The molecule has 7 heteroatoms. The molecule has 0 spiro atoms. The molecule has 1 aromatic rings. The third-order valence-electron chi connectivity index (χ3n) is 6.54. The minimum atomic E-state index is -3.42. The summed E-state index contributed by atoms with van der Waals surface area (Å²) in [6.07, 6.45) is 5.50. The highest BCUT2D eigenvalue weighted by molar-refractivity contribution is 7.89.